The number of amides is 2. The Morgan fingerprint density at radius 2 is 1.57 bits per heavy atom. The van der Waals surface area contributed by atoms with Gasteiger partial charge in [-0.25, -0.2) is 0 Å². The summed E-state index contributed by atoms with van der Waals surface area (Å²) >= 11 is 0. The summed E-state index contributed by atoms with van der Waals surface area (Å²) in [4.78, 5) is 27.9. The third-order valence-electron chi connectivity index (χ3n) is 3.32. The maximum atomic E-state index is 11.9. The first-order valence-corrected chi connectivity index (χ1v) is 7.62. The molecule has 0 spiro atoms. The number of hydrogen-bond acceptors (Lipinski definition) is 4. The molecule has 0 aromatic heterocycles. The zero-order valence-electron chi connectivity index (χ0n) is 14.9. The molecule has 0 saturated carbocycles. The molecule has 0 bridgehead atoms. The van der Waals surface area contributed by atoms with Crippen molar-refractivity contribution in [1.82, 2.24) is 10.2 Å². The Labute approximate surface area is 138 Å². The van der Waals surface area contributed by atoms with Crippen LogP contribution in [-0.2, 0) is 9.59 Å². The van der Waals surface area contributed by atoms with E-state index in [9.17, 15) is 9.59 Å². The van der Waals surface area contributed by atoms with Gasteiger partial charge in [-0.05, 0) is 43.8 Å². The van der Waals surface area contributed by atoms with Crippen molar-refractivity contribution in [3.05, 3.63) is 24.3 Å². The summed E-state index contributed by atoms with van der Waals surface area (Å²) in [6, 6.07) is 7.31. The number of carbonyl (C=O) groups excluding carboxylic acids is 2. The predicted octanol–water partition coefficient (Wildman–Crippen LogP) is 1.40. The van der Waals surface area contributed by atoms with Crippen LogP contribution < -0.4 is 15.5 Å². The van der Waals surface area contributed by atoms with Crippen molar-refractivity contribution in [2.24, 2.45) is 5.41 Å². The average Bonchev–Trinajstić information content (AvgIpc) is 2.44. The standard InChI is InChI=1S/C17H28N4O2/c1-17(2,12-20(3)4)11-18-15(22)16(23)19-13-7-9-14(10-8-13)21(5)6/h7-10H,11-12H2,1-6H3,(H,18,22)(H,19,23). The lowest BCUT2D eigenvalue weighted by molar-refractivity contribution is -0.136. The Balaban J connectivity index is 2.52. The fourth-order valence-corrected chi connectivity index (χ4v) is 2.34. The first-order valence-electron chi connectivity index (χ1n) is 7.62. The Morgan fingerprint density at radius 1 is 1.00 bits per heavy atom. The Bertz CT molecular complexity index is 536. The summed E-state index contributed by atoms with van der Waals surface area (Å²) in [7, 11) is 7.84. The molecule has 6 heteroatoms. The van der Waals surface area contributed by atoms with E-state index in [2.05, 4.69) is 15.5 Å². The average molecular weight is 320 g/mol. The van der Waals surface area contributed by atoms with Gasteiger partial charge in [0.2, 0.25) is 0 Å². The smallest absolute Gasteiger partial charge is 0.313 e. The first-order chi connectivity index (χ1) is 10.6. The van der Waals surface area contributed by atoms with E-state index in [1.807, 2.05) is 59.1 Å². The van der Waals surface area contributed by atoms with Gasteiger partial charge in [-0.15, -0.1) is 0 Å². The summed E-state index contributed by atoms with van der Waals surface area (Å²) in [5.41, 5.74) is 1.52. The molecule has 0 heterocycles. The molecule has 23 heavy (non-hydrogen) atoms. The van der Waals surface area contributed by atoms with E-state index in [4.69, 9.17) is 0 Å². The minimum atomic E-state index is -0.650. The number of nitrogens with one attached hydrogen (secondary N) is 2. The highest BCUT2D eigenvalue weighted by Gasteiger charge is 2.22. The molecule has 1 aromatic carbocycles. The number of rotatable bonds is 6. The minimum Gasteiger partial charge on any atom is -0.378 e. The fraction of sp³-hybridized carbons (Fsp3) is 0.529. The maximum absolute atomic E-state index is 11.9. The number of nitrogens with zero attached hydrogens (tertiary/aromatic N) is 2. The zero-order valence-corrected chi connectivity index (χ0v) is 14.9. The van der Waals surface area contributed by atoms with Gasteiger partial charge < -0.3 is 20.4 Å². The van der Waals surface area contributed by atoms with Gasteiger partial charge in [-0.3, -0.25) is 9.59 Å². The van der Waals surface area contributed by atoms with Crippen molar-refractivity contribution in [3.8, 4) is 0 Å². The molecule has 0 saturated heterocycles. The molecule has 128 valence electrons. The number of benzene rings is 1. The highest BCUT2D eigenvalue weighted by atomic mass is 16.2. The van der Waals surface area contributed by atoms with E-state index in [1.54, 1.807) is 12.1 Å². The van der Waals surface area contributed by atoms with Crippen LogP contribution in [0.25, 0.3) is 0 Å². The van der Waals surface area contributed by atoms with E-state index >= 15 is 0 Å². The lowest BCUT2D eigenvalue weighted by Gasteiger charge is -2.28. The van der Waals surface area contributed by atoms with Crippen LogP contribution in [0.15, 0.2) is 24.3 Å². The van der Waals surface area contributed by atoms with Crippen LogP contribution in [-0.4, -0.2) is 58.0 Å². The van der Waals surface area contributed by atoms with Crippen molar-refractivity contribution >= 4 is 23.2 Å². The van der Waals surface area contributed by atoms with Crippen LogP contribution in [0, 0.1) is 5.41 Å². The van der Waals surface area contributed by atoms with E-state index in [0.717, 1.165) is 12.2 Å². The highest BCUT2D eigenvalue weighted by molar-refractivity contribution is 6.39. The molecule has 0 aliphatic rings. The number of anilines is 2. The summed E-state index contributed by atoms with van der Waals surface area (Å²) < 4.78 is 0. The molecule has 6 nitrogen and oxygen atoms in total. The predicted molar refractivity (Wildman–Crippen MR) is 94.7 cm³/mol. The van der Waals surface area contributed by atoms with Crippen LogP contribution in [0.4, 0.5) is 11.4 Å². The Hall–Kier alpha value is -2.08. The zero-order chi connectivity index (χ0) is 17.6. The lowest BCUT2D eigenvalue weighted by Crippen LogP contribution is -2.43. The summed E-state index contributed by atoms with van der Waals surface area (Å²) in [6.07, 6.45) is 0. The third kappa shape index (κ3) is 6.69. The molecule has 1 rings (SSSR count). The summed E-state index contributed by atoms with van der Waals surface area (Å²) in [5, 5.41) is 5.30. The summed E-state index contributed by atoms with van der Waals surface area (Å²) in [6.45, 7) is 5.36. The monoisotopic (exact) mass is 320 g/mol. The number of hydrogen-bond donors (Lipinski definition) is 2. The largest absolute Gasteiger partial charge is 0.378 e. The van der Waals surface area contributed by atoms with Gasteiger partial charge in [0.25, 0.3) is 0 Å². The second-order valence-corrected chi connectivity index (χ2v) is 6.98. The highest BCUT2D eigenvalue weighted by Crippen LogP contribution is 2.16. The van der Waals surface area contributed by atoms with E-state index in [0.29, 0.717) is 12.2 Å². The van der Waals surface area contributed by atoms with Gasteiger partial charge >= 0.3 is 11.8 Å². The quantitative estimate of drug-likeness (QED) is 0.778. The van der Waals surface area contributed by atoms with Crippen molar-refractivity contribution < 1.29 is 9.59 Å². The van der Waals surface area contributed by atoms with Crippen LogP contribution in [0.5, 0.6) is 0 Å². The Morgan fingerprint density at radius 3 is 2.04 bits per heavy atom. The summed E-state index contributed by atoms with van der Waals surface area (Å²) in [5.74, 6) is -1.27. The molecule has 0 fully saturated rings. The molecule has 0 aliphatic carbocycles. The SMILES string of the molecule is CN(C)CC(C)(C)CNC(=O)C(=O)Nc1ccc(N(C)C)cc1. The molecule has 0 atom stereocenters. The van der Waals surface area contributed by atoms with E-state index in [1.165, 1.54) is 0 Å². The van der Waals surface area contributed by atoms with Crippen LogP contribution in [0.3, 0.4) is 0 Å². The van der Waals surface area contributed by atoms with Crippen molar-refractivity contribution in [2.45, 2.75) is 13.8 Å². The molecule has 1 aromatic rings. The molecule has 2 amide bonds. The molecule has 0 aliphatic heterocycles. The molecule has 2 N–H and O–H groups in total. The topological polar surface area (TPSA) is 64.7 Å². The van der Waals surface area contributed by atoms with Gasteiger partial charge in [0.1, 0.15) is 0 Å². The van der Waals surface area contributed by atoms with E-state index in [-0.39, 0.29) is 5.41 Å². The van der Waals surface area contributed by atoms with Crippen molar-refractivity contribution in [2.75, 3.05) is 51.5 Å². The molecule has 0 radical (unpaired) electrons. The van der Waals surface area contributed by atoms with E-state index < -0.39 is 11.8 Å². The van der Waals surface area contributed by atoms with Crippen LogP contribution in [0.2, 0.25) is 0 Å². The lowest BCUT2D eigenvalue weighted by atomic mass is 9.93. The Kier molecular flexibility index (Phi) is 6.57. The fourth-order valence-electron chi connectivity index (χ4n) is 2.34. The second-order valence-electron chi connectivity index (χ2n) is 6.98. The molecular weight excluding hydrogens is 292 g/mol. The third-order valence-corrected chi connectivity index (χ3v) is 3.32. The number of carbonyl (C=O) groups is 2. The van der Waals surface area contributed by atoms with Gasteiger partial charge in [0.15, 0.2) is 0 Å². The second kappa shape index (κ2) is 7.97. The van der Waals surface area contributed by atoms with Gasteiger partial charge in [0, 0.05) is 38.6 Å². The molecule has 0 unspecified atom stereocenters. The van der Waals surface area contributed by atoms with Crippen molar-refractivity contribution in [3.63, 3.8) is 0 Å². The van der Waals surface area contributed by atoms with Gasteiger partial charge in [-0.2, -0.15) is 0 Å². The first kappa shape index (κ1) is 19.0. The van der Waals surface area contributed by atoms with Gasteiger partial charge in [-0.1, -0.05) is 13.8 Å². The minimum absolute atomic E-state index is 0.104. The normalized spacial score (nSPS) is 11.3. The van der Waals surface area contributed by atoms with Crippen molar-refractivity contribution in [1.29, 1.82) is 0 Å². The van der Waals surface area contributed by atoms with Gasteiger partial charge in [0.05, 0.1) is 0 Å². The molecular formula is C17H28N4O2. The van der Waals surface area contributed by atoms with Crippen LogP contribution >= 0.6 is 0 Å². The maximum Gasteiger partial charge on any atom is 0.313 e. The van der Waals surface area contributed by atoms with Crippen LogP contribution in [0.1, 0.15) is 13.8 Å².